The molecule has 2 fully saturated rings. The van der Waals surface area contributed by atoms with E-state index in [2.05, 4.69) is 4.90 Å². The second-order valence-electron chi connectivity index (χ2n) is 5.56. The topological polar surface area (TPSA) is 83.7 Å². The van der Waals surface area contributed by atoms with Gasteiger partial charge in [-0.2, -0.15) is 0 Å². The zero-order chi connectivity index (χ0) is 14.0. The van der Waals surface area contributed by atoms with E-state index in [0.717, 1.165) is 19.4 Å². The van der Waals surface area contributed by atoms with Crippen LogP contribution in [0.1, 0.15) is 19.3 Å². The van der Waals surface area contributed by atoms with Crippen molar-refractivity contribution in [2.45, 2.75) is 31.3 Å². The number of nitrogens with zero attached hydrogens (tertiary/aromatic N) is 2. The molecule has 0 aromatic heterocycles. The molecule has 2 heterocycles. The monoisotopic (exact) mass is 289 g/mol. The molecule has 0 spiro atoms. The molecule has 2 atom stereocenters. The molecule has 2 rings (SSSR count). The van der Waals surface area contributed by atoms with Gasteiger partial charge in [-0.15, -0.1) is 0 Å². The van der Waals surface area contributed by atoms with Crippen LogP contribution in [0.2, 0.25) is 0 Å². The number of carbonyl (C=O) groups is 1. The Hall–Kier alpha value is -0.660. The Kier molecular flexibility index (Phi) is 4.47. The zero-order valence-electron chi connectivity index (χ0n) is 11.4. The Morgan fingerprint density at radius 2 is 2.16 bits per heavy atom. The molecule has 19 heavy (non-hydrogen) atoms. The van der Waals surface area contributed by atoms with Crippen LogP contribution in [0.25, 0.3) is 0 Å². The van der Waals surface area contributed by atoms with Crippen molar-refractivity contribution in [3.05, 3.63) is 0 Å². The molecule has 0 aliphatic carbocycles. The largest absolute Gasteiger partial charge is 0.341 e. The van der Waals surface area contributed by atoms with E-state index < -0.39 is 9.84 Å². The van der Waals surface area contributed by atoms with Gasteiger partial charge in [0, 0.05) is 25.7 Å². The van der Waals surface area contributed by atoms with Crippen LogP contribution in [-0.4, -0.2) is 74.4 Å². The van der Waals surface area contributed by atoms with Gasteiger partial charge >= 0.3 is 0 Å². The van der Waals surface area contributed by atoms with Crippen LogP contribution in [0, 0.1) is 0 Å². The Balaban J connectivity index is 1.89. The highest BCUT2D eigenvalue weighted by Crippen LogP contribution is 2.19. The van der Waals surface area contributed by atoms with Crippen molar-refractivity contribution in [2.75, 3.05) is 38.2 Å². The van der Waals surface area contributed by atoms with Gasteiger partial charge in [0.2, 0.25) is 5.91 Å². The molecular weight excluding hydrogens is 266 g/mol. The summed E-state index contributed by atoms with van der Waals surface area (Å²) in [5.41, 5.74) is 5.69. The summed E-state index contributed by atoms with van der Waals surface area (Å²) >= 11 is 0. The summed E-state index contributed by atoms with van der Waals surface area (Å²) in [6, 6.07) is 0.140. The summed E-state index contributed by atoms with van der Waals surface area (Å²) < 4.78 is 22.9. The van der Waals surface area contributed by atoms with Gasteiger partial charge in [-0.1, -0.05) is 0 Å². The summed E-state index contributed by atoms with van der Waals surface area (Å²) in [7, 11) is -1.23. The third-order valence-corrected chi connectivity index (χ3v) is 6.01. The SMILES string of the molecule is CN(C(=O)CN1CCCC1CN)C1CCS(=O)(=O)C1. The van der Waals surface area contributed by atoms with Gasteiger partial charge in [0.15, 0.2) is 9.84 Å². The highest BCUT2D eigenvalue weighted by atomic mass is 32.2. The van der Waals surface area contributed by atoms with Gasteiger partial charge in [-0.05, 0) is 25.8 Å². The zero-order valence-corrected chi connectivity index (χ0v) is 12.2. The predicted molar refractivity (Wildman–Crippen MR) is 73.5 cm³/mol. The maximum absolute atomic E-state index is 12.2. The van der Waals surface area contributed by atoms with E-state index in [1.807, 2.05) is 0 Å². The standard InChI is InChI=1S/C12H23N3O3S/c1-14(11-4-6-19(17,18)9-11)12(16)8-15-5-2-3-10(15)7-13/h10-11H,2-9,13H2,1H3. The van der Waals surface area contributed by atoms with Crippen LogP contribution in [0.15, 0.2) is 0 Å². The fraction of sp³-hybridized carbons (Fsp3) is 0.917. The molecule has 2 aliphatic rings. The molecule has 2 saturated heterocycles. The van der Waals surface area contributed by atoms with E-state index in [-0.39, 0.29) is 23.5 Å². The predicted octanol–water partition coefficient (Wildman–Crippen LogP) is -0.945. The normalized spacial score (nSPS) is 30.6. The van der Waals surface area contributed by atoms with Crippen LogP contribution in [0.4, 0.5) is 0 Å². The molecule has 2 aliphatic heterocycles. The van der Waals surface area contributed by atoms with E-state index in [1.165, 1.54) is 0 Å². The third-order valence-electron chi connectivity index (χ3n) is 4.26. The maximum atomic E-state index is 12.2. The summed E-state index contributed by atoms with van der Waals surface area (Å²) in [5, 5.41) is 0. The Labute approximate surface area is 114 Å². The summed E-state index contributed by atoms with van der Waals surface area (Å²) in [5.74, 6) is 0.308. The van der Waals surface area contributed by atoms with Gasteiger partial charge in [-0.25, -0.2) is 8.42 Å². The van der Waals surface area contributed by atoms with E-state index in [4.69, 9.17) is 5.73 Å². The highest BCUT2D eigenvalue weighted by Gasteiger charge is 2.34. The van der Waals surface area contributed by atoms with Gasteiger partial charge in [0.1, 0.15) is 0 Å². The lowest BCUT2D eigenvalue weighted by molar-refractivity contribution is -0.132. The minimum Gasteiger partial charge on any atom is -0.341 e. The average Bonchev–Trinajstić information content (AvgIpc) is 2.94. The van der Waals surface area contributed by atoms with Crippen LogP contribution in [0.3, 0.4) is 0 Å². The van der Waals surface area contributed by atoms with Gasteiger partial charge in [-0.3, -0.25) is 9.69 Å². The first-order chi connectivity index (χ1) is 8.93. The van der Waals surface area contributed by atoms with Crippen LogP contribution >= 0.6 is 0 Å². The van der Waals surface area contributed by atoms with Crippen molar-refractivity contribution in [2.24, 2.45) is 5.73 Å². The molecule has 1 amide bonds. The number of hydrogen-bond donors (Lipinski definition) is 1. The van der Waals surface area contributed by atoms with Gasteiger partial charge < -0.3 is 10.6 Å². The molecule has 6 nitrogen and oxygen atoms in total. The fourth-order valence-electron chi connectivity index (χ4n) is 2.94. The molecule has 2 N–H and O–H groups in total. The van der Waals surface area contributed by atoms with Crippen molar-refractivity contribution in [1.82, 2.24) is 9.80 Å². The number of nitrogens with two attached hydrogens (primary N) is 1. The minimum absolute atomic E-state index is 0.00227. The van der Waals surface area contributed by atoms with Crippen LogP contribution < -0.4 is 5.73 Å². The molecular formula is C12H23N3O3S. The third kappa shape index (κ3) is 3.46. The number of likely N-dealkylation sites (tertiary alicyclic amines) is 1. The van der Waals surface area contributed by atoms with E-state index in [9.17, 15) is 13.2 Å². The molecule has 0 aromatic rings. The van der Waals surface area contributed by atoms with E-state index in [1.54, 1.807) is 11.9 Å². The van der Waals surface area contributed by atoms with Gasteiger partial charge in [0.25, 0.3) is 0 Å². The minimum atomic E-state index is -2.94. The quantitative estimate of drug-likeness (QED) is 0.722. The van der Waals surface area contributed by atoms with E-state index in [0.29, 0.717) is 25.6 Å². The Morgan fingerprint density at radius 1 is 1.42 bits per heavy atom. The average molecular weight is 289 g/mol. The lowest BCUT2D eigenvalue weighted by atomic mass is 10.2. The summed E-state index contributed by atoms with van der Waals surface area (Å²) in [6.07, 6.45) is 2.69. The fourth-order valence-corrected chi connectivity index (χ4v) is 4.71. The first-order valence-corrected chi connectivity index (χ1v) is 8.65. The van der Waals surface area contributed by atoms with Crippen molar-refractivity contribution in [3.63, 3.8) is 0 Å². The Morgan fingerprint density at radius 3 is 2.74 bits per heavy atom. The molecule has 0 bridgehead atoms. The highest BCUT2D eigenvalue weighted by molar-refractivity contribution is 7.91. The van der Waals surface area contributed by atoms with E-state index >= 15 is 0 Å². The Bertz CT molecular complexity index is 438. The number of amides is 1. The number of likely N-dealkylation sites (N-methyl/N-ethyl adjacent to an activating group) is 1. The molecule has 0 aromatic carbocycles. The molecule has 0 saturated carbocycles. The van der Waals surface area contributed by atoms with Crippen molar-refractivity contribution in [1.29, 1.82) is 0 Å². The van der Waals surface area contributed by atoms with Crippen molar-refractivity contribution in [3.8, 4) is 0 Å². The summed E-state index contributed by atoms with van der Waals surface area (Å²) in [6.45, 7) is 1.84. The lowest BCUT2D eigenvalue weighted by Gasteiger charge is -2.28. The molecule has 0 radical (unpaired) electrons. The molecule has 7 heteroatoms. The second kappa shape index (κ2) is 5.76. The first kappa shape index (κ1) is 14.7. The van der Waals surface area contributed by atoms with Crippen LogP contribution in [-0.2, 0) is 14.6 Å². The smallest absolute Gasteiger partial charge is 0.236 e. The van der Waals surface area contributed by atoms with Crippen molar-refractivity contribution < 1.29 is 13.2 Å². The lowest BCUT2D eigenvalue weighted by Crippen LogP contribution is -2.46. The summed E-state index contributed by atoms with van der Waals surface area (Å²) in [4.78, 5) is 15.9. The van der Waals surface area contributed by atoms with Crippen LogP contribution in [0.5, 0.6) is 0 Å². The van der Waals surface area contributed by atoms with Crippen molar-refractivity contribution >= 4 is 15.7 Å². The number of rotatable bonds is 4. The number of hydrogen-bond acceptors (Lipinski definition) is 5. The number of carbonyl (C=O) groups excluding carboxylic acids is 1. The second-order valence-corrected chi connectivity index (χ2v) is 7.79. The molecule has 110 valence electrons. The number of sulfone groups is 1. The first-order valence-electron chi connectivity index (χ1n) is 6.83. The molecule has 2 unspecified atom stereocenters. The van der Waals surface area contributed by atoms with Gasteiger partial charge in [0.05, 0.1) is 18.1 Å². The maximum Gasteiger partial charge on any atom is 0.236 e.